The molecule has 33 heavy (non-hydrogen) atoms. The molecule has 5 rings (SSSR count). The summed E-state index contributed by atoms with van der Waals surface area (Å²) in [5.74, 6) is -1.62. The van der Waals surface area contributed by atoms with Crippen molar-refractivity contribution in [2.75, 3.05) is 6.61 Å². The summed E-state index contributed by atoms with van der Waals surface area (Å²) in [5.41, 5.74) is -1.87. The number of fused-ring (bicyclic) bond motifs is 2. The molecule has 0 saturated heterocycles. The van der Waals surface area contributed by atoms with E-state index in [2.05, 4.69) is 13.8 Å². The van der Waals surface area contributed by atoms with Crippen LogP contribution in [0.25, 0.3) is 0 Å². The van der Waals surface area contributed by atoms with Gasteiger partial charge in [0.25, 0.3) is 0 Å². The predicted molar refractivity (Wildman–Crippen MR) is 120 cm³/mol. The summed E-state index contributed by atoms with van der Waals surface area (Å²) in [5, 5.41) is 20.9. The number of hydrogen-bond acceptors (Lipinski definition) is 5. The first kappa shape index (κ1) is 22.6. The maximum absolute atomic E-state index is 13.1. The maximum Gasteiger partial charge on any atom is 0.338 e. The molecule has 0 heterocycles. The Morgan fingerprint density at radius 2 is 1.82 bits per heavy atom. The molecule has 4 aliphatic carbocycles. The summed E-state index contributed by atoms with van der Waals surface area (Å²) in [6.07, 6.45) is 4.70. The SMILES string of the molecule is C[C@@]12CC[C@]3(C1)[C@H](CC2=O)C[C@@H](OC(=O)c1ccccc1)[C@H]1[C@@](CO)(C(=O)O)CCC[C@@]13C. The van der Waals surface area contributed by atoms with Crippen LogP contribution < -0.4 is 0 Å². The van der Waals surface area contributed by atoms with Gasteiger partial charge in [-0.05, 0) is 67.4 Å². The van der Waals surface area contributed by atoms with Gasteiger partial charge in [0.05, 0.1) is 17.6 Å². The lowest BCUT2D eigenvalue weighted by Crippen LogP contribution is -2.67. The minimum Gasteiger partial charge on any atom is -0.481 e. The van der Waals surface area contributed by atoms with Crippen molar-refractivity contribution in [3.63, 3.8) is 0 Å². The van der Waals surface area contributed by atoms with Gasteiger partial charge in [0.1, 0.15) is 11.9 Å². The number of hydrogen-bond donors (Lipinski definition) is 2. The predicted octanol–water partition coefficient (Wildman–Crippen LogP) is 4.25. The average molecular weight is 455 g/mol. The molecule has 0 aliphatic heterocycles. The van der Waals surface area contributed by atoms with Crippen LogP contribution in [0.1, 0.15) is 75.6 Å². The zero-order valence-electron chi connectivity index (χ0n) is 19.5. The summed E-state index contributed by atoms with van der Waals surface area (Å²) < 4.78 is 6.11. The quantitative estimate of drug-likeness (QED) is 0.660. The first-order valence-corrected chi connectivity index (χ1v) is 12.3. The number of aliphatic hydroxyl groups is 1. The van der Waals surface area contributed by atoms with Gasteiger partial charge in [0.15, 0.2) is 0 Å². The van der Waals surface area contributed by atoms with Crippen molar-refractivity contribution in [1.82, 2.24) is 0 Å². The fourth-order valence-electron chi connectivity index (χ4n) is 8.70. The Labute approximate surface area is 194 Å². The minimum atomic E-state index is -1.35. The Hall–Kier alpha value is -2.21. The lowest BCUT2D eigenvalue weighted by atomic mass is 9.37. The van der Waals surface area contributed by atoms with Crippen molar-refractivity contribution in [3.05, 3.63) is 35.9 Å². The number of ketones is 1. The smallest absolute Gasteiger partial charge is 0.338 e. The van der Waals surface area contributed by atoms with E-state index in [9.17, 15) is 24.6 Å². The van der Waals surface area contributed by atoms with Gasteiger partial charge in [-0.2, -0.15) is 0 Å². The van der Waals surface area contributed by atoms with Gasteiger partial charge in [0.2, 0.25) is 0 Å². The Morgan fingerprint density at radius 1 is 1.09 bits per heavy atom. The van der Waals surface area contributed by atoms with Crippen molar-refractivity contribution in [3.8, 4) is 0 Å². The van der Waals surface area contributed by atoms with Gasteiger partial charge < -0.3 is 14.9 Å². The molecular formula is C27H34O6. The van der Waals surface area contributed by atoms with E-state index in [1.165, 1.54) is 0 Å². The molecule has 1 aromatic rings. The molecule has 0 aromatic heterocycles. The highest BCUT2D eigenvalue weighted by atomic mass is 16.5. The molecular weight excluding hydrogens is 420 g/mol. The van der Waals surface area contributed by atoms with Crippen molar-refractivity contribution in [2.24, 2.45) is 33.5 Å². The summed E-state index contributed by atoms with van der Waals surface area (Å²) >= 11 is 0. The van der Waals surface area contributed by atoms with E-state index in [-0.39, 0.29) is 16.7 Å². The van der Waals surface area contributed by atoms with Gasteiger partial charge in [-0.3, -0.25) is 9.59 Å². The normalized spacial score (nSPS) is 44.0. The summed E-state index contributed by atoms with van der Waals surface area (Å²) in [6, 6.07) is 8.74. The second kappa shape index (κ2) is 7.39. The van der Waals surface area contributed by atoms with Crippen LogP contribution in [-0.4, -0.2) is 40.6 Å². The molecule has 2 bridgehead atoms. The Balaban J connectivity index is 1.62. The fraction of sp³-hybridized carbons (Fsp3) is 0.667. The zero-order valence-corrected chi connectivity index (χ0v) is 19.5. The van der Waals surface area contributed by atoms with Gasteiger partial charge in [-0.25, -0.2) is 4.79 Å². The number of carbonyl (C=O) groups is 3. The Kier molecular flexibility index (Phi) is 5.06. The van der Waals surface area contributed by atoms with Gasteiger partial charge in [-0.15, -0.1) is 0 Å². The van der Waals surface area contributed by atoms with Crippen LogP contribution in [0, 0.1) is 33.5 Å². The van der Waals surface area contributed by atoms with Gasteiger partial charge in [-0.1, -0.05) is 38.5 Å². The number of carboxylic acids is 1. The Bertz CT molecular complexity index is 990. The molecule has 0 radical (unpaired) electrons. The van der Waals surface area contributed by atoms with Crippen LogP contribution in [0.5, 0.6) is 0 Å². The van der Waals surface area contributed by atoms with Crippen LogP contribution in [-0.2, 0) is 14.3 Å². The first-order chi connectivity index (χ1) is 15.6. The number of carbonyl (C=O) groups excluding carboxylic acids is 2. The largest absolute Gasteiger partial charge is 0.481 e. The third-order valence-corrected chi connectivity index (χ3v) is 10.3. The van der Waals surface area contributed by atoms with Gasteiger partial charge >= 0.3 is 11.9 Å². The molecule has 6 nitrogen and oxygen atoms in total. The third kappa shape index (κ3) is 2.92. The van der Waals surface area contributed by atoms with E-state index in [0.717, 1.165) is 25.7 Å². The van der Waals surface area contributed by atoms with Crippen LogP contribution in [0.15, 0.2) is 30.3 Å². The highest BCUT2D eigenvalue weighted by molar-refractivity contribution is 5.89. The fourth-order valence-corrected chi connectivity index (χ4v) is 8.70. The monoisotopic (exact) mass is 454 g/mol. The number of aliphatic hydroxyl groups excluding tert-OH is 1. The van der Waals surface area contributed by atoms with Crippen molar-refractivity contribution >= 4 is 17.7 Å². The van der Waals surface area contributed by atoms with E-state index in [1.54, 1.807) is 24.3 Å². The summed E-state index contributed by atoms with van der Waals surface area (Å²) in [4.78, 5) is 38.9. The van der Waals surface area contributed by atoms with Gasteiger partial charge in [0, 0.05) is 17.8 Å². The first-order valence-electron chi connectivity index (χ1n) is 12.3. The van der Waals surface area contributed by atoms with E-state index < -0.39 is 41.4 Å². The van der Waals surface area contributed by atoms with Crippen LogP contribution in [0.3, 0.4) is 0 Å². The number of rotatable bonds is 4. The van der Waals surface area contributed by atoms with E-state index in [0.29, 0.717) is 37.0 Å². The highest BCUT2D eigenvalue weighted by Gasteiger charge is 2.74. The second-order valence-corrected chi connectivity index (χ2v) is 11.6. The van der Waals surface area contributed by atoms with E-state index >= 15 is 0 Å². The third-order valence-electron chi connectivity index (χ3n) is 10.3. The summed E-state index contributed by atoms with van der Waals surface area (Å²) in [7, 11) is 0. The number of esters is 1. The standard InChI is InChI=1S/C27H34O6/c1-24-11-12-27(15-24)18(14-20(24)29)13-19(33-22(30)17-7-4-3-5-8-17)21-25(27,2)9-6-10-26(21,16-28)23(31)32/h3-5,7-8,18-19,21,28H,6,9-16H2,1-2H3,(H,31,32)/t18-,19+,21+,24+,25-,26+,27-/m0/s1. The van der Waals surface area contributed by atoms with Crippen molar-refractivity contribution < 1.29 is 29.3 Å². The molecule has 4 fully saturated rings. The average Bonchev–Trinajstić information content (AvgIpc) is 3.13. The number of ether oxygens (including phenoxy) is 1. The topological polar surface area (TPSA) is 101 Å². The number of aliphatic carboxylic acids is 1. The van der Waals surface area contributed by atoms with Crippen LogP contribution >= 0.6 is 0 Å². The minimum absolute atomic E-state index is 0.0682. The Morgan fingerprint density at radius 3 is 2.48 bits per heavy atom. The van der Waals surface area contributed by atoms with E-state index in [1.807, 2.05) is 6.07 Å². The molecule has 4 saturated carbocycles. The zero-order chi connectivity index (χ0) is 23.6. The van der Waals surface area contributed by atoms with Crippen LogP contribution in [0.2, 0.25) is 0 Å². The van der Waals surface area contributed by atoms with E-state index in [4.69, 9.17) is 4.74 Å². The second-order valence-electron chi connectivity index (χ2n) is 11.6. The molecule has 2 N–H and O–H groups in total. The molecule has 6 heteroatoms. The molecule has 4 aliphatic rings. The molecule has 0 amide bonds. The molecule has 7 atom stereocenters. The number of Topliss-reactive ketones (excluding diaryl/α,β-unsaturated/α-hetero) is 1. The molecule has 178 valence electrons. The molecule has 1 spiro atoms. The summed E-state index contributed by atoms with van der Waals surface area (Å²) in [6.45, 7) is 3.76. The number of carboxylic acid groups (broad SMARTS) is 1. The van der Waals surface area contributed by atoms with Crippen LogP contribution in [0.4, 0.5) is 0 Å². The highest BCUT2D eigenvalue weighted by Crippen LogP contribution is 2.75. The molecule has 0 unspecified atom stereocenters. The number of benzene rings is 1. The van der Waals surface area contributed by atoms with Crippen molar-refractivity contribution in [2.45, 2.75) is 71.3 Å². The maximum atomic E-state index is 13.1. The lowest BCUT2D eigenvalue weighted by Gasteiger charge is -2.67. The van der Waals surface area contributed by atoms with Crippen molar-refractivity contribution in [1.29, 1.82) is 0 Å². The lowest BCUT2D eigenvalue weighted by molar-refractivity contribution is -0.233. The molecule has 1 aromatic carbocycles.